The SMILES string of the molecule is CCC1OC(OC)[C@@H](OCCCSCCN=C(N)CS[C@H]2OC(CO)C(O)[C@@H](O)[C@H]2O)[C@@H](O)[C@@H]1O. The Morgan fingerprint density at radius 2 is 1.69 bits per heavy atom. The molecule has 0 spiro atoms. The fraction of sp³-hybridized carbons (Fsp3) is 0.952. The van der Waals surface area contributed by atoms with Crippen LogP contribution in [0.4, 0.5) is 0 Å². The second kappa shape index (κ2) is 15.9. The highest BCUT2D eigenvalue weighted by molar-refractivity contribution is 8.00. The van der Waals surface area contributed by atoms with Crippen LogP contribution in [-0.4, -0.2) is 141 Å². The lowest BCUT2D eigenvalue weighted by Crippen LogP contribution is -2.58. The summed E-state index contributed by atoms with van der Waals surface area (Å²) in [5.74, 6) is 2.16. The summed E-state index contributed by atoms with van der Waals surface area (Å²) in [6.07, 6.45) is -7.85. The van der Waals surface area contributed by atoms with Gasteiger partial charge in [-0.25, -0.2) is 0 Å². The molecule has 2 heterocycles. The molecular weight excluding hydrogens is 504 g/mol. The van der Waals surface area contributed by atoms with Crippen molar-refractivity contribution in [2.75, 3.05) is 44.1 Å². The van der Waals surface area contributed by atoms with Crippen LogP contribution in [0.25, 0.3) is 0 Å². The minimum atomic E-state index is -1.41. The Labute approximate surface area is 214 Å². The van der Waals surface area contributed by atoms with Crippen LogP contribution in [0.3, 0.4) is 0 Å². The van der Waals surface area contributed by atoms with Crippen LogP contribution in [0.5, 0.6) is 0 Å². The van der Waals surface area contributed by atoms with Crippen LogP contribution in [-0.2, 0) is 18.9 Å². The smallest absolute Gasteiger partial charge is 0.186 e. The van der Waals surface area contributed by atoms with Crippen LogP contribution in [0.1, 0.15) is 19.8 Å². The third-order valence-corrected chi connectivity index (χ3v) is 8.05. The van der Waals surface area contributed by atoms with Crippen LogP contribution in [0, 0.1) is 0 Å². The van der Waals surface area contributed by atoms with Crippen molar-refractivity contribution in [2.45, 2.75) is 80.3 Å². The van der Waals surface area contributed by atoms with Gasteiger partial charge in [-0.1, -0.05) is 6.92 Å². The molecule has 2 fully saturated rings. The summed E-state index contributed by atoms with van der Waals surface area (Å²) in [5, 5.41) is 59.4. The summed E-state index contributed by atoms with van der Waals surface area (Å²) >= 11 is 2.81. The van der Waals surface area contributed by atoms with E-state index in [4.69, 9.17) is 24.7 Å². The Kier molecular flexibility index (Phi) is 14.1. The summed E-state index contributed by atoms with van der Waals surface area (Å²) in [4.78, 5) is 4.28. The Morgan fingerprint density at radius 1 is 0.971 bits per heavy atom. The van der Waals surface area contributed by atoms with E-state index in [0.717, 1.165) is 29.7 Å². The Balaban J connectivity index is 1.59. The van der Waals surface area contributed by atoms with Gasteiger partial charge in [-0.2, -0.15) is 11.8 Å². The topological polar surface area (TPSA) is 197 Å². The van der Waals surface area contributed by atoms with E-state index in [1.807, 2.05) is 6.92 Å². The predicted molar refractivity (Wildman–Crippen MR) is 132 cm³/mol. The van der Waals surface area contributed by atoms with E-state index in [-0.39, 0.29) is 5.75 Å². The van der Waals surface area contributed by atoms with E-state index >= 15 is 0 Å². The maximum atomic E-state index is 10.3. The number of nitrogens with zero attached hydrogens (tertiary/aromatic N) is 1. The van der Waals surface area contributed by atoms with E-state index in [0.29, 0.717) is 25.4 Å². The van der Waals surface area contributed by atoms with Gasteiger partial charge in [0, 0.05) is 26.0 Å². The monoisotopic (exact) mass is 544 g/mol. The molecule has 2 aliphatic rings. The Morgan fingerprint density at radius 3 is 2.34 bits per heavy atom. The molecule has 14 heteroatoms. The van der Waals surface area contributed by atoms with Gasteiger partial charge in [-0.05, 0) is 18.6 Å². The minimum Gasteiger partial charge on any atom is -0.394 e. The standard InChI is InChI=1S/C21H40N2O10S2/c1-3-11-14(25)17(28)19(20(30-2)32-11)31-6-4-7-34-8-5-23-13(22)10-35-21-18(29)16(27)15(26)12(9-24)33-21/h11-12,14-21,24-29H,3-10H2,1-2H3,(H2,22,23)/t11?,12?,14-,15?,16-,17+,18-,19+,20?,21-/m1/s1. The highest BCUT2D eigenvalue weighted by Crippen LogP contribution is 2.28. The molecule has 0 aromatic carbocycles. The van der Waals surface area contributed by atoms with Crippen LogP contribution in [0.15, 0.2) is 4.99 Å². The minimum absolute atomic E-state index is 0.262. The van der Waals surface area contributed by atoms with Gasteiger partial charge in [0.25, 0.3) is 0 Å². The number of rotatable bonds is 14. The summed E-state index contributed by atoms with van der Waals surface area (Å²) in [6, 6.07) is 0. The molecular formula is C21H40N2O10S2. The maximum absolute atomic E-state index is 10.3. The second-order valence-corrected chi connectivity index (χ2v) is 10.7. The van der Waals surface area contributed by atoms with Gasteiger partial charge >= 0.3 is 0 Å². The number of hydrogen-bond acceptors (Lipinski definition) is 13. The second-order valence-electron chi connectivity index (χ2n) is 8.35. The van der Waals surface area contributed by atoms with Crippen molar-refractivity contribution < 1.29 is 49.6 Å². The van der Waals surface area contributed by atoms with Gasteiger partial charge in [-0.15, -0.1) is 11.8 Å². The molecule has 10 atom stereocenters. The number of aliphatic hydroxyl groups is 6. The van der Waals surface area contributed by atoms with Crippen molar-refractivity contribution in [1.29, 1.82) is 0 Å². The van der Waals surface area contributed by atoms with Gasteiger partial charge in [0.05, 0.1) is 18.5 Å². The number of aliphatic imine (C=N–C) groups is 1. The normalized spacial score (nSPS) is 38.6. The first-order valence-electron chi connectivity index (χ1n) is 11.7. The molecule has 8 N–H and O–H groups in total. The highest BCUT2D eigenvalue weighted by atomic mass is 32.2. The molecule has 2 saturated heterocycles. The van der Waals surface area contributed by atoms with Gasteiger partial charge in [0.15, 0.2) is 6.29 Å². The lowest BCUT2D eigenvalue weighted by molar-refractivity contribution is -0.299. The molecule has 206 valence electrons. The summed E-state index contributed by atoms with van der Waals surface area (Å²) in [6.45, 7) is 2.26. The van der Waals surface area contributed by atoms with Gasteiger partial charge < -0.3 is 55.3 Å². The lowest BCUT2D eigenvalue weighted by Gasteiger charge is -2.41. The molecule has 0 aliphatic carbocycles. The number of aliphatic hydroxyl groups excluding tert-OH is 6. The number of hydrogen-bond donors (Lipinski definition) is 7. The zero-order valence-electron chi connectivity index (χ0n) is 20.1. The van der Waals surface area contributed by atoms with Crippen molar-refractivity contribution in [2.24, 2.45) is 10.7 Å². The molecule has 2 rings (SSSR count). The molecule has 35 heavy (non-hydrogen) atoms. The number of ether oxygens (including phenoxy) is 4. The highest BCUT2D eigenvalue weighted by Gasteiger charge is 2.45. The molecule has 0 radical (unpaired) electrons. The van der Waals surface area contributed by atoms with Gasteiger partial charge in [0.1, 0.15) is 54.0 Å². The van der Waals surface area contributed by atoms with E-state index in [1.54, 1.807) is 11.8 Å². The van der Waals surface area contributed by atoms with Crippen molar-refractivity contribution in [1.82, 2.24) is 0 Å². The number of nitrogens with two attached hydrogens (primary N) is 1. The largest absolute Gasteiger partial charge is 0.394 e. The Hall–Kier alpha value is -0.230. The van der Waals surface area contributed by atoms with Crippen LogP contribution < -0.4 is 5.73 Å². The average Bonchev–Trinajstić information content (AvgIpc) is 2.86. The lowest BCUT2D eigenvalue weighted by atomic mass is 9.97. The number of amidine groups is 1. The first kappa shape index (κ1) is 31.0. The van der Waals surface area contributed by atoms with E-state index in [9.17, 15) is 30.6 Å². The van der Waals surface area contributed by atoms with E-state index in [1.165, 1.54) is 7.11 Å². The van der Waals surface area contributed by atoms with Crippen LogP contribution >= 0.6 is 23.5 Å². The summed E-state index contributed by atoms with van der Waals surface area (Å²) < 4.78 is 22.1. The number of methoxy groups -OCH3 is 1. The van der Waals surface area contributed by atoms with E-state index < -0.39 is 67.2 Å². The molecule has 0 amide bonds. The molecule has 0 aromatic rings. The first-order valence-corrected chi connectivity index (χ1v) is 13.9. The van der Waals surface area contributed by atoms with Crippen molar-refractivity contribution in [3.63, 3.8) is 0 Å². The molecule has 4 unspecified atom stereocenters. The summed E-state index contributed by atoms with van der Waals surface area (Å²) in [7, 11) is 1.47. The predicted octanol–water partition coefficient (Wildman–Crippen LogP) is -2.11. The third-order valence-electron chi connectivity index (χ3n) is 5.82. The average molecular weight is 545 g/mol. The van der Waals surface area contributed by atoms with Gasteiger partial charge in [0.2, 0.25) is 0 Å². The first-order chi connectivity index (χ1) is 16.7. The number of thioether (sulfide) groups is 2. The quantitative estimate of drug-likeness (QED) is 0.0713. The fourth-order valence-corrected chi connectivity index (χ4v) is 5.52. The molecule has 0 aromatic heterocycles. The van der Waals surface area contributed by atoms with Crippen LogP contribution in [0.2, 0.25) is 0 Å². The van der Waals surface area contributed by atoms with Crippen molar-refractivity contribution >= 4 is 29.4 Å². The molecule has 2 aliphatic heterocycles. The molecule has 0 saturated carbocycles. The zero-order valence-corrected chi connectivity index (χ0v) is 21.7. The fourth-order valence-electron chi connectivity index (χ4n) is 3.76. The van der Waals surface area contributed by atoms with Gasteiger partial charge in [-0.3, -0.25) is 4.99 Å². The van der Waals surface area contributed by atoms with Crippen molar-refractivity contribution in [3.8, 4) is 0 Å². The molecule has 12 nitrogen and oxygen atoms in total. The molecule has 0 bridgehead atoms. The van der Waals surface area contributed by atoms with E-state index in [2.05, 4.69) is 4.99 Å². The van der Waals surface area contributed by atoms with Crippen molar-refractivity contribution in [3.05, 3.63) is 0 Å². The summed E-state index contributed by atoms with van der Waals surface area (Å²) in [5.41, 5.74) is 5.07. The third kappa shape index (κ3) is 8.93. The maximum Gasteiger partial charge on any atom is 0.186 e. The zero-order chi connectivity index (χ0) is 26.0. The Bertz CT molecular complexity index is 633.